The number of anilines is 1. The number of fused-ring (bicyclic) bond motifs is 1. The molecule has 1 aliphatic rings. The zero-order chi connectivity index (χ0) is 25.4. The van der Waals surface area contributed by atoms with Crippen LogP contribution in [0.25, 0.3) is 11.2 Å². The molecule has 2 aromatic heterocycles. The highest BCUT2D eigenvalue weighted by Crippen LogP contribution is 2.57. The number of benzene rings is 1. The molecular weight excluding hydrogens is 515 g/mol. The van der Waals surface area contributed by atoms with Gasteiger partial charge in [0.25, 0.3) is 0 Å². The van der Waals surface area contributed by atoms with E-state index in [0.717, 1.165) is 0 Å². The normalized spacial score (nSPS) is 24.5. The predicted octanol–water partition coefficient (Wildman–Crippen LogP) is 0.423. The van der Waals surface area contributed by atoms with Crippen LogP contribution in [0.3, 0.4) is 0 Å². The molecule has 1 saturated heterocycles. The Morgan fingerprint density at radius 1 is 1.11 bits per heavy atom. The molecule has 5 atom stereocenters. The van der Waals surface area contributed by atoms with E-state index in [9.17, 15) is 28.6 Å². The average molecular weight is 535 g/mol. The predicted molar refractivity (Wildman–Crippen MR) is 114 cm³/mol. The van der Waals surface area contributed by atoms with E-state index in [4.69, 9.17) is 14.5 Å². The van der Waals surface area contributed by atoms with Crippen LogP contribution in [0.15, 0.2) is 36.9 Å². The molecule has 3 heterocycles. The van der Waals surface area contributed by atoms with Gasteiger partial charge in [-0.25, -0.2) is 28.5 Å². The second kappa shape index (κ2) is 9.95. The summed E-state index contributed by atoms with van der Waals surface area (Å²) in [5.41, 5.74) is 0.832. The Morgan fingerprint density at radius 3 is 2.57 bits per heavy atom. The number of ether oxygens (including phenoxy) is 1. The SMILES string of the molecule is O=P(O)(O)OP(=O)(O)OC[C@H]1O[C@@H](n2cnc3c(NCc4ccccc4F)ncnc32)[C@H](O)[C@@H]1O. The molecule has 0 radical (unpaired) electrons. The average Bonchev–Trinajstić information content (AvgIpc) is 3.32. The Bertz CT molecular complexity index is 1310. The standard InChI is InChI=1S/C17H20FN5O10P2/c18-10-4-2-1-3-9(10)5-19-15-12-16(21-7-20-15)23(8-22-12)17-14(25)13(24)11(32-17)6-31-35(29,30)33-34(26,27)28/h1-4,7-8,11,13-14,17,24-25H,5-6H2,(H,29,30)(H,19,20,21)(H2,26,27,28)/t11-,13-,14-,17-/m1/s1. The lowest BCUT2D eigenvalue weighted by atomic mass is 10.1. The molecule has 1 aliphatic heterocycles. The van der Waals surface area contributed by atoms with Crippen LogP contribution in [-0.2, 0) is 29.2 Å². The van der Waals surface area contributed by atoms with Crippen molar-refractivity contribution in [3.05, 3.63) is 48.3 Å². The molecule has 4 rings (SSSR count). The maximum absolute atomic E-state index is 13.9. The molecule has 18 heteroatoms. The highest BCUT2D eigenvalue weighted by atomic mass is 31.3. The van der Waals surface area contributed by atoms with Crippen molar-refractivity contribution in [2.24, 2.45) is 0 Å². The third-order valence-corrected chi connectivity index (χ3v) is 7.14. The number of rotatable bonds is 9. The first-order valence-corrected chi connectivity index (χ1v) is 12.9. The van der Waals surface area contributed by atoms with Gasteiger partial charge in [0.1, 0.15) is 30.5 Å². The van der Waals surface area contributed by atoms with Gasteiger partial charge in [-0.2, -0.15) is 4.31 Å². The molecule has 1 fully saturated rings. The van der Waals surface area contributed by atoms with E-state index in [1.165, 1.54) is 23.3 Å². The molecule has 15 nitrogen and oxygen atoms in total. The summed E-state index contributed by atoms with van der Waals surface area (Å²) in [5.74, 6) is -0.139. The van der Waals surface area contributed by atoms with Gasteiger partial charge in [-0.1, -0.05) is 18.2 Å². The first-order valence-electron chi connectivity index (χ1n) is 9.86. The molecule has 1 aromatic carbocycles. The Hall–Kier alpha value is -2.36. The van der Waals surface area contributed by atoms with Gasteiger partial charge in [-0.05, 0) is 6.07 Å². The van der Waals surface area contributed by atoms with E-state index in [0.29, 0.717) is 5.56 Å². The highest BCUT2D eigenvalue weighted by molar-refractivity contribution is 7.60. The monoisotopic (exact) mass is 535 g/mol. The summed E-state index contributed by atoms with van der Waals surface area (Å²) in [7, 11) is -10.5. The van der Waals surface area contributed by atoms with Gasteiger partial charge < -0.3 is 34.9 Å². The largest absolute Gasteiger partial charge is 0.481 e. The van der Waals surface area contributed by atoms with Crippen molar-refractivity contribution in [2.75, 3.05) is 11.9 Å². The van der Waals surface area contributed by atoms with Crippen molar-refractivity contribution in [3.63, 3.8) is 0 Å². The number of imidazole rings is 1. The summed E-state index contributed by atoms with van der Waals surface area (Å²) in [6, 6.07) is 6.16. The van der Waals surface area contributed by atoms with Crippen molar-refractivity contribution in [2.45, 2.75) is 31.1 Å². The van der Waals surface area contributed by atoms with Gasteiger partial charge in [0.2, 0.25) is 0 Å². The molecule has 0 amide bonds. The van der Waals surface area contributed by atoms with E-state index >= 15 is 0 Å². The fraction of sp³-hybridized carbons (Fsp3) is 0.353. The van der Waals surface area contributed by atoms with E-state index < -0.39 is 52.6 Å². The van der Waals surface area contributed by atoms with Crippen LogP contribution in [0.2, 0.25) is 0 Å². The Morgan fingerprint density at radius 2 is 1.86 bits per heavy atom. The van der Waals surface area contributed by atoms with Crippen LogP contribution < -0.4 is 5.32 Å². The first-order chi connectivity index (χ1) is 16.5. The van der Waals surface area contributed by atoms with E-state index in [2.05, 4.69) is 29.1 Å². The third kappa shape index (κ3) is 5.90. The number of phosphoric acid groups is 2. The van der Waals surface area contributed by atoms with Crippen LogP contribution in [0, 0.1) is 5.82 Å². The zero-order valence-corrected chi connectivity index (χ0v) is 19.3. The fourth-order valence-corrected chi connectivity index (χ4v) is 5.01. The van der Waals surface area contributed by atoms with Crippen LogP contribution in [0.5, 0.6) is 0 Å². The van der Waals surface area contributed by atoms with Crippen molar-refractivity contribution >= 4 is 32.6 Å². The van der Waals surface area contributed by atoms with Crippen LogP contribution in [0.1, 0.15) is 11.8 Å². The first kappa shape index (κ1) is 25.7. The number of phosphoric ester groups is 1. The molecule has 1 unspecified atom stereocenters. The number of hydrogen-bond acceptors (Lipinski definition) is 11. The van der Waals surface area contributed by atoms with E-state index in [1.807, 2.05) is 0 Å². The molecular formula is C17H20FN5O10P2. The number of hydrogen-bond donors (Lipinski definition) is 6. The lowest BCUT2D eigenvalue weighted by Crippen LogP contribution is -2.33. The van der Waals surface area contributed by atoms with Crippen molar-refractivity contribution in [1.82, 2.24) is 19.5 Å². The number of aromatic nitrogens is 4. The summed E-state index contributed by atoms with van der Waals surface area (Å²) in [4.78, 5) is 39.1. The van der Waals surface area contributed by atoms with Gasteiger partial charge in [0.05, 0.1) is 12.9 Å². The molecule has 0 bridgehead atoms. The highest BCUT2D eigenvalue weighted by Gasteiger charge is 2.46. The summed E-state index contributed by atoms with van der Waals surface area (Å²) >= 11 is 0. The summed E-state index contributed by atoms with van der Waals surface area (Å²) < 4.78 is 51.3. The lowest BCUT2D eigenvalue weighted by Gasteiger charge is -2.17. The zero-order valence-electron chi connectivity index (χ0n) is 17.5. The molecule has 35 heavy (non-hydrogen) atoms. The van der Waals surface area contributed by atoms with Crippen LogP contribution in [-0.4, -0.2) is 69.3 Å². The van der Waals surface area contributed by atoms with Gasteiger partial charge in [-0.3, -0.25) is 9.09 Å². The number of aliphatic hydroxyl groups excluding tert-OH is 2. The molecule has 3 aromatic rings. The Balaban J connectivity index is 1.49. The van der Waals surface area contributed by atoms with Gasteiger partial charge in [0, 0.05) is 12.1 Å². The Labute approximate surface area is 196 Å². The minimum absolute atomic E-state index is 0.101. The van der Waals surface area contributed by atoms with Gasteiger partial charge in [0.15, 0.2) is 23.2 Å². The molecule has 6 N–H and O–H groups in total. The molecule has 0 spiro atoms. The lowest BCUT2D eigenvalue weighted by molar-refractivity contribution is -0.0503. The second-order valence-corrected chi connectivity index (χ2v) is 10.2. The quantitative estimate of drug-likeness (QED) is 0.205. The smallest absolute Gasteiger partial charge is 0.387 e. The molecule has 0 aliphatic carbocycles. The number of nitrogens with zero attached hydrogens (tertiary/aromatic N) is 4. The van der Waals surface area contributed by atoms with Crippen LogP contribution >= 0.6 is 15.6 Å². The maximum atomic E-state index is 13.9. The summed E-state index contributed by atoms with van der Waals surface area (Å²) in [6.45, 7) is -0.746. The summed E-state index contributed by atoms with van der Waals surface area (Å²) in [6.07, 6.45) is -3.37. The van der Waals surface area contributed by atoms with Crippen LogP contribution in [0.4, 0.5) is 10.2 Å². The summed E-state index contributed by atoms with van der Waals surface area (Å²) in [5, 5.41) is 23.7. The molecule has 0 saturated carbocycles. The van der Waals surface area contributed by atoms with Crippen molar-refractivity contribution < 1.29 is 52.0 Å². The second-order valence-electron chi connectivity index (χ2n) is 7.37. The molecule has 190 valence electrons. The fourth-order valence-electron chi connectivity index (χ4n) is 3.41. The third-order valence-electron chi connectivity index (χ3n) is 4.99. The Kier molecular flexibility index (Phi) is 7.31. The van der Waals surface area contributed by atoms with Gasteiger partial charge >= 0.3 is 15.6 Å². The topological polar surface area (TPSA) is 219 Å². The van der Waals surface area contributed by atoms with E-state index in [-0.39, 0.29) is 23.5 Å². The minimum atomic E-state index is -5.33. The van der Waals surface area contributed by atoms with Gasteiger partial charge in [-0.15, -0.1) is 0 Å². The number of aliphatic hydroxyl groups is 2. The van der Waals surface area contributed by atoms with Crippen molar-refractivity contribution in [1.29, 1.82) is 0 Å². The maximum Gasteiger partial charge on any atom is 0.481 e. The van der Waals surface area contributed by atoms with Crippen molar-refractivity contribution in [3.8, 4) is 0 Å². The minimum Gasteiger partial charge on any atom is -0.387 e. The number of nitrogens with one attached hydrogen (secondary N) is 1. The number of halogens is 1. The van der Waals surface area contributed by atoms with E-state index in [1.54, 1.807) is 18.2 Å².